The highest BCUT2D eigenvalue weighted by molar-refractivity contribution is 9.09. The lowest BCUT2D eigenvalue weighted by molar-refractivity contribution is 0.139. The summed E-state index contributed by atoms with van der Waals surface area (Å²) < 4.78 is 5.32. The average molecular weight is 251 g/mol. The van der Waals surface area contributed by atoms with Crippen LogP contribution >= 0.6 is 15.9 Å². The minimum Gasteiger partial charge on any atom is -0.382 e. The first-order chi connectivity index (χ1) is 6.20. The number of hydrogen-bond donors (Lipinski definition) is 0. The largest absolute Gasteiger partial charge is 0.382 e. The molecule has 0 N–H and O–H groups in total. The normalized spacial score (nSPS) is 13.6. The Morgan fingerprint density at radius 2 is 2.00 bits per heavy atom. The van der Waals surface area contributed by atoms with Crippen LogP contribution in [0.2, 0.25) is 0 Å². The molecule has 0 rings (SSSR count). The van der Waals surface area contributed by atoms with Gasteiger partial charge in [0.25, 0.3) is 0 Å². The van der Waals surface area contributed by atoms with Gasteiger partial charge in [-0.05, 0) is 38.0 Å². The zero-order chi connectivity index (χ0) is 10.1. The van der Waals surface area contributed by atoms with Crippen molar-refractivity contribution >= 4 is 15.9 Å². The predicted molar refractivity (Wildman–Crippen MR) is 62.5 cm³/mol. The third-order valence-corrected chi connectivity index (χ3v) is 3.04. The Bertz CT molecular complexity index is 104. The molecule has 0 saturated carbocycles. The summed E-state index contributed by atoms with van der Waals surface area (Å²) in [4.78, 5) is 0. The van der Waals surface area contributed by atoms with Crippen molar-refractivity contribution in [2.24, 2.45) is 11.8 Å². The average Bonchev–Trinajstić information content (AvgIpc) is 2.09. The fourth-order valence-corrected chi connectivity index (χ4v) is 2.13. The first kappa shape index (κ1) is 13.4. The van der Waals surface area contributed by atoms with Crippen LogP contribution in [0.3, 0.4) is 0 Å². The highest BCUT2D eigenvalue weighted by atomic mass is 79.9. The van der Waals surface area contributed by atoms with E-state index < -0.39 is 0 Å². The summed E-state index contributed by atoms with van der Waals surface area (Å²) in [5.74, 6) is 1.65. The van der Waals surface area contributed by atoms with Gasteiger partial charge >= 0.3 is 0 Å². The lowest BCUT2D eigenvalue weighted by atomic mass is 9.95. The molecule has 0 bridgehead atoms. The van der Waals surface area contributed by atoms with Gasteiger partial charge in [0.05, 0.1) is 0 Å². The standard InChI is InChI=1S/C11H23BrO/c1-4-13-7-5-6-11(9-12)8-10(2)3/h10-11H,4-9H2,1-3H3. The zero-order valence-corrected chi connectivity index (χ0v) is 10.8. The van der Waals surface area contributed by atoms with Gasteiger partial charge < -0.3 is 4.74 Å². The van der Waals surface area contributed by atoms with E-state index in [1.807, 2.05) is 0 Å². The third kappa shape index (κ3) is 8.76. The van der Waals surface area contributed by atoms with Gasteiger partial charge in [0.15, 0.2) is 0 Å². The summed E-state index contributed by atoms with van der Waals surface area (Å²) in [7, 11) is 0. The Hall–Kier alpha value is 0.440. The van der Waals surface area contributed by atoms with Gasteiger partial charge in [-0.1, -0.05) is 29.8 Å². The second kappa shape index (κ2) is 9.01. The molecule has 0 aliphatic heterocycles. The van der Waals surface area contributed by atoms with Gasteiger partial charge in [0.1, 0.15) is 0 Å². The minimum atomic E-state index is 0.814. The molecule has 1 atom stereocenters. The molecule has 0 heterocycles. The number of alkyl halides is 1. The molecule has 1 nitrogen and oxygen atoms in total. The number of ether oxygens (including phenoxy) is 1. The maximum Gasteiger partial charge on any atom is 0.0465 e. The summed E-state index contributed by atoms with van der Waals surface area (Å²) in [5, 5.41) is 1.14. The Kier molecular flexibility index (Phi) is 9.32. The summed E-state index contributed by atoms with van der Waals surface area (Å²) >= 11 is 3.57. The molecule has 1 unspecified atom stereocenters. The number of hydrogen-bond acceptors (Lipinski definition) is 1. The zero-order valence-electron chi connectivity index (χ0n) is 9.18. The van der Waals surface area contributed by atoms with E-state index in [0.717, 1.165) is 30.4 Å². The topological polar surface area (TPSA) is 9.23 Å². The van der Waals surface area contributed by atoms with E-state index in [1.165, 1.54) is 19.3 Å². The maximum absolute atomic E-state index is 5.32. The number of halogens is 1. The minimum absolute atomic E-state index is 0.814. The second-order valence-corrected chi connectivity index (χ2v) is 4.64. The van der Waals surface area contributed by atoms with Crippen molar-refractivity contribution in [3.8, 4) is 0 Å². The summed E-state index contributed by atoms with van der Waals surface area (Å²) in [6, 6.07) is 0. The van der Waals surface area contributed by atoms with Crippen LogP contribution in [0, 0.1) is 11.8 Å². The molecule has 13 heavy (non-hydrogen) atoms. The first-order valence-electron chi connectivity index (χ1n) is 5.34. The van der Waals surface area contributed by atoms with Crippen molar-refractivity contribution < 1.29 is 4.74 Å². The summed E-state index contributed by atoms with van der Waals surface area (Å²) in [6.45, 7) is 8.41. The van der Waals surface area contributed by atoms with Crippen molar-refractivity contribution in [3.05, 3.63) is 0 Å². The monoisotopic (exact) mass is 250 g/mol. The Labute approximate surface area is 91.4 Å². The quantitative estimate of drug-likeness (QED) is 0.470. The van der Waals surface area contributed by atoms with E-state index in [0.29, 0.717) is 0 Å². The molecule has 0 amide bonds. The molecule has 0 aliphatic rings. The van der Waals surface area contributed by atoms with E-state index in [4.69, 9.17) is 4.74 Å². The molecule has 0 radical (unpaired) electrons. The molecule has 80 valence electrons. The fraction of sp³-hybridized carbons (Fsp3) is 1.00. The number of rotatable bonds is 8. The van der Waals surface area contributed by atoms with E-state index in [2.05, 4.69) is 36.7 Å². The molecule has 0 aromatic carbocycles. The van der Waals surface area contributed by atoms with Crippen molar-refractivity contribution in [1.82, 2.24) is 0 Å². The van der Waals surface area contributed by atoms with Crippen LogP contribution in [0.5, 0.6) is 0 Å². The van der Waals surface area contributed by atoms with Crippen molar-refractivity contribution in [1.29, 1.82) is 0 Å². The lowest BCUT2D eigenvalue weighted by Gasteiger charge is -2.15. The summed E-state index contributed by atoms with van der Waals surface area (Å²) in [5.41, 5.74) is 0. The Balaban J connectivity index is 3.36. The molecular weight excluding hydrogens is 228 g/mol. The summed E-state index contributed by atoms with van der Waals surface area (Å²) in [6.07, 6.45) is 3.83. The SMILES string of the molecule is CCOCCCC(CBr)CC(C)C. The van der Waals surface area contributed by atoms with Crippen LogP contribution < -0.4 is 0 Å². The van der Waals surface area contributed by atoms with Gasteiger partial charge in [0, 0.05) is 18.5 Å². The molecule has 0 aromatic heterocycles. The molecular formula is C11H23BrO. The van der Waals surface area contributed by atoms with E-state index in [1.54, 1.807) is 0 Å². The fourth-order valence-electron chi connectivity index (χ4n) is 1.54. The lowest BCUT2D eigenvalue weighted by Crippen LogP contribution is -2.07. The van der Waals surface area contributed by atoms with E-state index >= 15 is 0 Å². The molecule has 2 heteroatoms. The predicted octanol–water partition coefficient (Wildman–Crippen LogP) is 3.86. The van der Waals surface area contributed by atoms with Gasteiger partial charge in [-0.25, -0.2) is 0 Å². The smallest absolute Gasteiger partial charge is 0.0465 e. The van der Waals surface area contributed by atoms with Crippen LogP contribution in [-0.4, -0.2) is 18.5 Å². The van der Waals surface area contributed by atoms with Gasteiger partial charge in [-0.2, -0.15) is 0 Å². The van der Waals surface area contributed by atoms with Crippen LogP contribution in [0.25, 0.3) is 0 Å². The highest BCUT2D eigenvalue weighted by Crippen LogP contribution is 2.19. The van der Waals surface area contributed by atoms with Crippen molar-refractivity contribution in [2.45, 2.75) is 40.0 Å². The van der Waals surface area contributed by atoms with E-state index in [-0.39, 0.29) is 0 Å². The molecule has 0 spiro atoms. The van der Waals surface area contributed by atoms with Crippen molar-refractivity contribution in [3.63, 3.8) is 0 Å². The van der Waals surface area contributed by atoms with E-state index in [9.17, 15) is 0 Å². The molecule has 0 aliphatic carbocycles. The first-order valence-corrected chi connectivity index (χ1v) is 6.46. The molecule has 0 fully saturated rings. The highest BCUT2D eigenvalue weighted by Gasteiger charge is 2.08. The van der Waals surface area contributed by atoms with Crippen LogP contribution in [-0.2, 0) is 4.74 Å². The third-order valence-electron chi connectivity index (χ3n) is 2.13. The van der Waals surface area contributed by atoms with Crippen LogP contribution in [0.4, 0.5) is 0 Å². The molecule has 0 aromatic rings. The van der Waals surface area contributed by atoms with Crippen LogP contribution in [0.15, 0.2) is 0 Å². The van der Waals surface area contributed by atoms with Gasteiger partial charge in [-0.3, -0.25) is 0 Å². The van der Waals surface area contributed by atoms with Gasteiger partial charge in [-0.15, -0.1) is 0 Å². The maximum atomic E-state index is 5.32. The van der Waals surface area contributed by atoms with Gasteiger partial charge in [0.2, 0.25) is 0 Å². The Morgan fingerprint density at radius 1 is 1.31 bits per heavy atom. The molecule has 0 saturated heterocycles. The van der Waals surface area contributed by atoms with Crippen molar-refractivity contribution in [2.75, 3.05) is 18.5 Å². The second-order valence-electron chi connectivity index (χ2n) is 3.99. The Morgan fingerprint density at radius 3 is 2.46 bits per heavy atom. The van der Waals surface area contributed by atoms with Crippen LogP contribution in [0.1, 0.15) is 40.0 Å².